The summed E-state index contributed by atoms with van der Waals surface area (Å²) >= 11 is 5.79. The molecule has 0 saturated carbocycles. The van der Waals surface area contributed by atoms with E-state index in [1.165, 1.54) is 0 Å². The highest BCUT2D eigenvalue weighted by atomic mass is 35.5. The number of aromatic nitrogens is 2. The van der Waals surface area contributed by atoms with Gasteiger partial charge in [-0.3, -0.25) is 4.68 Å². The van der Waals surface area contributed by atoms with Gasteiger partial charge in [-0.2, -0.15) is 5.10 Å². The molecule has 0 unspecified atom stereocenters. The number of nitrogens with one attached hydrogen (secondary N) is 1. The van der Waals surface area contributed by atoms with Gasteiger partial charge in [-0.05, 0) is 12.1 Å². The van der Waals surface area contributed by atoms with Crippen LogP contribution in [0.15, 0.2) is 28.9 Å². The lowest BCUT2D eigenvalue weighted by Crippen LogP contribution is -2.21. The van der Waals surface area contributed by atoms with Gasteiger partial charge in [0, 0.05) is 12.2 Å². The first-order chi connectivity index (χ1) is 8.13. The lowest BCUT2D eigenvalue weighted by molar-refractivity contribution is 0.421. The van der Waals surface area contributed by atoms with E-state index in [4.69, 9.17) is 16.0 Å². The summed E-state index contributed by atoms with van der Waals surface area (Å²) in [6.07, 6.45) is 3.39. The van der Waals surface area contributed by atoms with Crippen LogP contribution in [0.25, 0.3) is 0 Å². The molecule has 2 heterocycles. The minimum Gasteiger partial charge on any atom is -0.463 e. The Morgan fingerprint density at radius 1 is 1.41 bits per heavy atom. The van der Waals surface area contributed by atoms with Gasteiger partial charge in [0.05, 0.1) is 24.3 Å². The van der Waals surface area contributed by atoms with Gasteiger partial charge in [-0.25, -0.2) is 0 Å². The van der Waals surface area contributed by atoms with E-state index in [0.29, 0.717) is 17.6 Å². The molecule has 0 aliphatic rings. The highest BCUT2D eigenvalue weighted by Gasteiger charge is 2.04. The van der Waals surface area contributed by atoms with Crippen molar-refractivity contribution in [1.29, 1.82) is 0 Å². The van der Waals surface area contributed by atoms with Crippen molar-refractivity contribution < 1.29 is 4.42 Å². The second kappa shape index (κ2) is 5.38. The minimum atomic E-state index is 0.452. The highest BCUT2D eigenvalue weighted by molar-refractivity contribution is 6.30. The first-order valence-corrected chi connectivity index (χ1v) is 6.00. The first-order valence-electron chi connectivity index (χ1n) is 5.62. The molecule has 1 N–H and O–H groups in total. The summed E-state index contributed by atoms with van der Waals surface area (Å²) < 4.78 is 7.43. The van der Waals surface area contributed by atoms with Crippen LogP contribution in [0.4, 0.5) is 0 Å². The van der Waals surface area contributed by atoms with E-state index in [1.807, 2.05) is 12.1 Å². The molecule has 0 bridgehead atoms. The van der Waals surface area contributed by atoms with Gasteiger partial charge < -0.3 is 9.73 Å². The molecule has 17 heavy (non-hydrogen) atoms. The number of rotatable bonds is 5. The van der Waals surface area contributed by atoms with E-state index in [9.17, 15) is 0 Å². The Balaban J connectivity index is 1.94. The number of furan rings is 1. The molecule has 2 aromatic rings. The summed E-state index contributed by atoms with van der Waals surface area (Å²) in [4.78, 5) is 0. The monoisotopic (exact) mass is 253 g/mol. The van der Waals surface area contributed by atoms with E-state index >= 15 is 0 Å². The summed E-state index contributed by atoms with van der Waals surface area (Å²) in [5, 5.41) is 8.05. The van der Waals surface area contributed by atoms with Crippen LogP contribution >= 0.6 is 11.6 Å². The van der Waals surface area contributed by atoms with Crippen LogP contribution in [0, 0.1) is 0 Å². The Morgan fingerprint density at radius 2 is 2.18 bits per heavy atom. The molecule has 0 aliphatic heterocycles. The third-order valence-corrected chi connectivity index (χ3v) is 2.52. The number of hydrogen-bond donors (Lipinski definition) is 1. The van der Waals surface area contributed by atoms with Crippen molar-refractivity contribution >= 4 is 11.6 Å². The Kier molecular flexibility index (Phi) is 3.86. The predicted octanol–water partition coefficient (Wildman–Crippen LogP) is 2.68. The zero-order chi connectivity index (χ0) is 12.3. The second-order valence-corrected chi connectivity index (χ2v) is 4.70. The zero-order valence-corrected chi connectivity index (χ0v) is 10.7. The van der Waals surface area contributed by atoms with E-state index in [-0.39, 0.29) is 0 Å². The maximum Gasteiger partial charge on any atom is 0.125 e. The third-order valence-electron chi connectivity index (χ3n) is 2.32. The van der Waals surface area contributed by atoms with Crippen LogP contribution in [0.1, 0.15) is 25.4 Å². The second-order valence-electron chi connectivity index (χ2n) is 4.26. The third kappa shape index (κ3) is 3.61. The minimum absolute atomic E-state index is 0.452. The van der Waals surface area contributed by atoms with Gasteiger partial charge >= 0.3 is 0 Å². The van der Waals surface area contributed by atoms with Gasteiger partial charge in [-0.1, -0.05) is 25.4 Å². The topological polar surface area (TPSA) is 43.0 Å². The molecule has 2 aromatic heterocycles. The SMILES string of the molecule is CC(C)NCc1ccc(Cn2cc(Cl)cn2)o1. The first kappa shape index (κ1) is 12.2. The standard InChI is InChI=1S/C12H16ClN3O/c1-9(2)14-6-11-3-4-12(17-11)8-16-7-10(13)5-15-16/h3-5,7,9,14H,6,8H2,1-2H3. The van der Waals surface area contributed by atoms with Gasteiger partial charge in [0.2, 0.25) is 0 Å². The van der Waals surface area contributed by atoms with Gasteiger partial charge in [-0.15, -0.1) is 0 Å². The Labute approximate surface area is 106 Å². The van der Waals surface area contributed by atoms with Crippen LogP contribution < -0.4 is 5.32 Å². The number of hydrogen-bond acceptors (Lipinski definition) is 3. The molecule has 92 valence electrons. The molecule has 0 amide bonds. The van der Waals surface area contributed by atoms with E-state index in [1.54, 1.807) is 17.1 Å². The molecule has 0 aromatic carbocycles. The molecular formula is C12H16ClN3O. The summed E-state index contributed by atoms with van der Waals surface area (Å²) in [6, 6.07) is 4.40. The molecule has 0 atom stereocenters. The molecule has 0 spiro atoms. The maximum atomic E-state index is 5.79. The van der Waals surface area contributed by atoms with E-state index in [0.717, 1.165) is 18.1 Å². The van der Waals surface area contributed by atoms with Crippen molar-refractivity contribution in [1.82, 2.24) is 15.1 Å². The van der Waals surface area contributed by atoms with E-state index < -0.39 is 0 Å². The van der Waals surface area contributed by atoms with Crippen molar-refractivity contribution in [3.05, 3.63) is 41.1 Å². The number of halogens is 1. The van der Waals surface area contributed by atoms with Crippen LogP contribution in [0.2, 0.25) is 5.02 Å². The van der Waals surface area contributed by atoms with Crippen molar-refractivity contribution in [3.8, 4) is 0 Å². The van der Waals surface area contributed by atoms with Gasteiger partial charge in [0.1, 0.15) is 11.5 Å². The molecule has 0 aliphatic carbocycles. The molecule has 2 rings (SSSR count). The fraction of sp³-hybridized carbons (Fsp3) is 0.417. The van der Waals surface area contributed by atoms with Gasteiger partial charge in [0.25, 0.3) is 0 Å². The molecule has 4 nitrogen and oxygen atoms in total. The fourth-order valence-electron chi connectivity index (χ4n) is 1.49. The number of nitrogens with zero attached hydrogens (tertiary/aromatic N) is 2. The molecule has 0 radical (unpaired) electrons. The fourth-order valence-corrected chi connectivity index (χ4v) is 1.65. The zero-order valence-electron chi connectivity index (χ0n) is 9.98. The quantitative estimate of drug-likeness (QED) is 0.891. The predicted molar refractivity (Wildman–Crippen MR) is 67.0 cm³/mol. The van der Waals surface area contributed by atoms with Crippen molar-refractivity contribution in [2.45, 2.75) is 33.0 Å². The van der Waals surface area contributed by atoms with Crippen molar-refractivity contribution in [3.63, 3.8) is 0 Å². The van der Waals surface area contributed by atoms with Crippen molar-refractivity contribution in [2.75, 3.05) is 0 Å². The average molecular weight is 254 g/mol. The Hall–Kier alpha value is -1.26. The van der Waals surface area contributed by atoms with Crippen LogP contribution in [0.3, 0.4) is 0 Å². The molecule has 0 saturated heterocycles. The lowest BCUT2D eigenvalue weighted by atomic mass is 10.3. The Morgan fingerprint density at radius 3 is 2.82 bits per heavy atom. The molecule has 0 fully saturated rings. The van der Waals surface area contributed by atoms with Crippen molar-refractivity contribution in [2.24, 2.45) is 0 Å². The normalized spacial score (nSPS) is 11.3. The largest absolute Gasteiger partial charge is 0.463 e. The maximum absolute atomic E-state index is 5.79. The summed E-state index contributed by atoms with van der Waals surface area (Å²) in [5.41, 5.74) is 0. The smallest absolute Gasteiger partial charge is 0.125 e. The van der Waals surface area contributed by atoms with Gasteiger partial charge in [0.15, 0.2) is 0 Å². The van der Waals surface area contributed by atoms with Crippen LogP contribution in [-0.4, -0.2) is 15.8 Å². The highest BCUT2D eigenvalue weighted by Crippen LogP contribution is 2.11. The van der Waals surface area contributed by atoms with E-state index in [2.05, 4.69) is 24.3 Å². The molecule has 5 heteroatoms. The molecular weight excluding hydrogens is 238 g/mol. The van der Waals surface area contributed by atoms with Crippen LogP contribution in [-0.2, 0) is 13.1 Å². The average Bonchev–Trinajstić information content (AvgIpc) is 2.86. The summed E-state index contributed by atoms with van der Waals surface area (Å²) in [5.74, 6) is 1.82. The lowest BCUT2D eigenvalue weighted by Gasteiger charge is -2.05. The summed E-state index contributed by atoms with van der Waals surface area (Å²) in [6.45, 7) is 5.57. The Bertz CT molecular complexity index is 476. The van der Waals surface area contributed by atoms with Crippen LogP contribution in [0.5, 0.6) is 0 Å². The summed E-state index contributed by atoms with van der Waals surface area (Å²) in [7, 11) is 0.